The molecule has 1 saturated carbocycles. The molecular formula is C24H26FNO4. The summed E-state index contributed by atoms with van der Waals surface area (Å²) in [5.41, 5.74) is 2.69. The first kappa shape index (κ1) is 20.6. The topological polar surface area (TPSA) is 67.8 Å². The normalized spacial score (nSPS) is 20.9. The zero-order valence-electron chi connectivity index (χ0n) is 16.7. The Bertz CT molecular complexity index is 890. The predicted molar refractivity (Wildman–Crippen MR) is 110 cm³/mol. The number of carbonyl (C=O) groups is 1. The summed E-state index contributed by atoms with van der Waals surface area (Å²) in [5.74, 6) is 0.172. The first-order valence-electron chi connectivity index (χ1n) is 10.3. The SMILES string of the molecule is O=C(NCC1CC1)C1=C[C@H](c2ccc(F)cc2)C[C@H](OCc2ccc(CO)cc2)O1. The molecule has 158 valence electrons. The highest BCUT2D eigenvalue weighted by Crippen LogP contribution is 2.32. The number of ether oxygens (including phenoxy) is 2. The minimum Gasteiger partial charge on any atom is -0.459 e. The third-order valence-electron chi connectivity index (χ3n) is 5.47. The van der Waals surface area contributed by atoms with Gasteiger partial charge >= 0.3 is 0 Å². The van der Waals surface area contributed by atoms with E-state index in [0.29, 0.717) is 25.5 Å². The monoisotopic (exact) mass is 411 g/mol. The van der Waals surface area contributed by atoms with Gasteiger partial charge in [0.2, 0.25) is 6.29 Å². The van der Waals surface area contributed by atoms with Crippen molar-refractivity contribution in [1.82, 2.24) is 5.32 Å². The van der Waals surface area contributed by atoms with Gasteiger partial charge in [0.1, 0.15) is 5.82 Å². The van der Waals surface area contributed by atoms with Crippen LogP contribution < -0.4 is 5.32 Å². The van der Waals surface area contributed by atoms with E-state index in [4.69, 9.17) is 14.6 Å². The second-order valence-electron chi connectivity index (χ2n) is 7.91. The fraction of sp³-hybridized carbons (Fsp3) is 0.375. The number of allylic oxidation sites excluding steroid dienone is 1. The van der Waals surface area contributed by atoms with Gasteiger partial charge in [-0.15, -0.1) is 0 Å². The molecule has 5 nitrogen and oxygen atoms in total. The molecule has 1 heterocycles. The number of rotatable bonds is 8. The van der Waals surface area contributed by atoms with Crippen LogP contribution in [0.4, 0.5) is 4.39 Å². The Morgan fingerprint density at radius 2 is 1.80 bits per heavy atom. The number of aliphatic hydroxyl groups excluding tert-OH is 1. The van der Waals surface area contributed by atoms with Crippen LogP contribution >= 0.6 is 0 Å². The number of benzene rings is 2. The number of nitrogens with one attached hydrogen (secondary N) is 1. The number of aliphatic hydroxyl groups is 1. The zero-order valence-corrected chi connectivity index (χ0v) is 16.7. The molecular weight excluding hydrogens is 385 g/mol. The van der Waals surface area contributed by atoms with Crippen LogP contribution in [-0.2, 0) is 27.5 Å². The van der Waals surface area contributed by atoms with Crippen molar-refractivity contribution in [3.8, 4) is 0 Å². The average Bonchev–Trinajstić information content (AvgIpc) is 3.61. The van der Waals surface area contributed by atoms with Crippen molar-refractivity contribution < 1.29 is 23.8 Å². The Morgan fingerprint density at radius 3 is 2.47 bits per heavy atom. The predicted octanol–water partition coefficient (Wildman–Crippen LogP) is 3.77. The van der Waals surface area contributed by atoms with Crippen LogP contribution in [0.3, 0.4) is 0 Å². The van der Waals surface area contributed by atoms with Gasteiger partial charge in [0.25, 0.3) is 5.91 Å². The van der Waals surface area contributed by atoms with Crippen LogP contribution in [0.2, 0.25) is 0 Å². The van der Waals surface area contributed by atoms with Crippen LogP contribution in [0, 0.1) is 11.7 Å². The molecule has 2 N–H and O–H groups in total. The summed E-state index contributed by atoms with van der Waals surface area (Å²) in [5, 5.41) is 12.1. The van der Waals surface area contributed by atoms with Crippen LogP contribution in [0.25, 0.3) is 0 Å². The number of hydrogen-bond donors (Lipinski definition) is 2. The molecule has 1 aliphatic heterocycles. The first-order valence-corrected chi connectivity index (χ1v) is 10.3. The summed E-state index contributed by atoms with van der Waals surface area (Å²) in [7, 11) is 0. The molecule has 30 heavy (non-hydrogen) atoms. The molecule has 1 aliphatic carbocycles. The van der Waals surface area contributed by atoms with Crippen molar-refractivity contribution in [3.63, 3.8) is 0 Å². The van der Waals surface area contributed by atoms with Crippen molar-refractivity contribution >= 4 is 5.91 Å². The molecule has 4 rings (SSSR count). The lowest BCUT2D eigenvalue weighted by Gasteiger charge is -2.29. The third-order valence-corrected chi connectivity index (χ3v) is 5.47. The lowest BCUT2D eigenvalue weighted by Crippen LogP contribution is -2.33. The summed E-state index contributed by atoms with van der Waals surface area (Å²) in [6.07, 6.45) is 4.04. The number of halogens is 1. The maximum absolute atomic E-state index is 13.3. The zero-order chi connectivity index (χ0) is 20.9. The van der Waals surface area contributed by atoms with Crippen molar-refractivity contribution in [1.29, 1.82) is 0 Å². The molecule has 6 heteroatoms. The Kier molecular flexibility index (Phi) is 6.45. The van der Waals surface area contributed by atoms with Gasteiger partial charge in [-0.2, -0.15) is 0 Å². The molecule has 0 radical (unpaired) electrons. The maximum Gasteiger partial charge on any atom is 0.286 e. The Morgan fingerprint density at radius 1 is 1.10 bits per heavy atom. The van der Waals surface area contributed by atoms with Crippen LogP contribution in [0.15, 0.2) is 60.4 Å². The average molecular weight is 411 g/mol. The van der Waals surface area contributed by atoms with Gasteiger partial charge in [0.05, 0.1) is 13.2 Å². The fourth-order valence-corrected chi connectivity index (χ4v) is 3.44. The van der Waals surface area contributed by atoms with Gasteiger partial charge in [-0.25, -0.2) is 4.39 Å². The van der Waals surface area contributed by atoms with Crippen molar-refractivity contribution in [3.05, 3.63) is 82.9 Å². The molecule has 0 saturated heterocycles. The van der Waals surface area contributed by atoms with Crippen molar-refractivity contribution in [2.75, 3.05) is 6.54 Å². The van der Waals surface area contributed by atoms with E-state index >= 15 is 0 Å². The molecule has 0 spiro atoms. The third kappa shape index (κ3) is 5.46. The summed E-state index contributed by atoms with van der Waals surface area (Å²) in [6, 6.07) is 13.8. The molecule has 0 unspecified atom stereocenters. The lowest BCUT2D eigenvalue weighted by molar-refractivity contribution is -0.150. The van der Waals surface area contributed by atoms with E-state index in [2.05, 4.69) is 5.32 Å². The Hall–Kier alpha value is -2.70. The minimum absolute atomic E-state index is 0.00362. The molecule has 1 amide bonds. The highest BCUT2D eigenvalue weighted by atomic mass is 19.1. The molecule has 2 aromatic rings. The smallest absolute Gasteiger partial charge is 0.286 e. The molecule has 2 atom stereocenters. The Balaban J connectivity index is 1.45. The molecule has 1 fully saturated rings. The number of hydrogen-bond acceptors (Lipinski definition) is 4. The van der Waals surface area contributed by atoms with E-state index in [1.165, 1.54) is 12.1 Å². The van der Waals surface area contributed by atoms with Crippen molar-refractivity contribution in [2.45, 2.75) is 44.7 Å². The fourth-order valence-electron chi connectivity index (χ4n) is 3.44. The van der Waals surface area contributed by atoms with Gasteiger partial charge in [0, 0.05) is 18.9 Å². The van der Waals surface area contributed by atoms with E-state index in [9.17, 15) is 9.18 Å². The summed E-state index contributed by atoms with van der Waals surface area (Å²) in [4.78, 5) is 12.6. The minimum atomic E-state index is -0.593. The standard InChI is InChI=1S/C24H26FNO4/c25-21-9-7-19(8-10-21)20-11-22(24(28)26-13-16-1-2-16)30-23(12-20)29-15-18-5-3-17(14-27)4-6-18/h3-11,16,20,23,27H,1-2,12-15H2,(H,26,28)/t20-,23+/m0/s1. The van der Waals surface area contributed by atoms with E-state index in [-0.39, 0.29) is 30.0 Å². The number of carbonyl (C=O) groups excluding carboxylic acids is 1. The van der Waals surface area contributed by atoms with Crippen LogP contribution in [0.5, 0.6) is 0 Å². The van der Waals surface area contributed by atoms with E-state index in [1.54, 1.807) is 18.2 Å². The second-order valence-corrected chi connectivity index (χ2v) is 7.91. The summed E-state index contributed by atoms with van der Waals surface area (Å²) >= 11 is 0. The first-order chi connectivity index (χ1) is 14.6. The van der Waals surface area contributed by atoms with Crippen LogP contribution in [0.1, 0.15) is 41.9 Å². The van der Waals surface area contributed by atoms with E-state index in [0.717, 1.165) is 29.5 Å². The van der Waals surface area contributed by atoms with Gasteiger partial charge in [-0.3, -0.25) is 4.79 Å². The van der Waals surface area contributed by atoms with Gasteiger partial charge < -0.3 is 19.9 Å². The number of amides is 1. The van der Waals surface area contributed by atoms with Crippen molar-refractivity contribution in [2.24, 2.45) is 5.92 Å². The quantitative estimate of drug-likeness (QED) is 0.694. The highest BCUT2D eigenvalue weighted by molar-refractivity contribution is 5.91. The summed E-state index contributed by atoms with van der Waals surface area (Å²) < 4.78 is 25.1. The van der Waals surface area contributed by atoms with Crippen LogP contribution in [-0.4, -0.2) is 23.8 Å². The van der Waals surface area contributed by atoms with E-state index in [1.807, 2.05) is 24.3 Å². The molecule has 2 aliphatic rings. The lowest BCUT2D eigenvalue weighted by atomic mass is 9.93. The second kappa shape index (κ2) is 9.41. The maximum atomic E-state index is 13.3. The van der Waals surface area contributed by atoms with Gasteiger partial charge in [0.15, 0.2) is 5.76 Å². The largest absolute Gasteiger partial charge is 0.459 e. The molecule has 0 bridgehead atoms. The highest BCUT2D eigenvalue weighted by Gasteiger charge is 2.30. The summed E-state index contributed by atoms with van der Waals surface area (Å²) in [6.45, 7) is 0.976. The van der Waals surface area contributed by atoms with E-state index < -0.39 is 6.29 Å². The molecule has 0 aromatic heterocycles. The molecule has 2 aromatic carbocycles. The van der Waals surface area contributed by atoms with Gasteiger partial charge in [-0.1, -0.05) is 36.4 Å². The Labute approximate surface area is 175 Å². The van der Waals surface area contributed by atoms with Gasteiger partial charge in [-0.05, 0) is 53.7 Å².